The number of hydrogen-bond donors (Lipinski definition) is 0. The molecular weight excluding hydrogens is 340 g/mol. The third-order valence-corrected chi connectivity index (χ3v) is 5.01. The van der Waals surface area contributed by atoms with E-state index in [9.17, 15) is 10.1 Å². The van der Waals surface area contributed by atoms with Crippen LogP contribution in [0.1, 0.15) is 16.8 Å². The molecule has 0 saturated heterocycles. The Morgan fingerprint density at radius 2 is 2.00 bits per heavy atom. The van der Waals surface area contributed by atoms with Crippen LogP contribution < -0.4 is 0 Å². The lowest BCUT2D eigenvalue weighted by molar-refractivity contribution is -0.388. The summed E-state index contributed by atoms with van der Waals surface area (Å²) in [6, 6.07) is 7.43. The minimum atomic E-state index is -0.398. The molecule has 104 valence electrons. The zero-order valence-electron chi connectivity index (χ0n) is 11.3. The molecule has 1 heterocycles. The second-order valence-electron chi connectivity index (χ2n) is 4.44. The van der Waals surface area contributed by atoms with Crippen molar-refractivity contribution < 1.29 is 4.92 Å². The van der Waals surface area contributed by atoms with Crippen molar-refractivity contribution >= 4 is 33.4 Å². The number of aryl methyl sites for hydroxylation is 2. The van der Waals surface area contributed by atoms with E-state index in [1.165, 1.54) is 17.8 Å². The van der Waals surface area contributed by atoms with Gasteiger partial charge < -0.3 is 0 Å². The van der Waals surface area contributed by atoms with Crippen molar-refractivity contribution in [1.82, 2.24) is 4.98 Å². The number of nitro groups is 1. The average Bonchev–Trinajstić information content (AvgIpc) is 2.38. The van der Waals surface area contributed by atoms with Crippen LogP contribution >= 0.6 is 27.7 Å². The first-order valence-electron chi connectivity index (χ1n) is 5.95. The zero-order valence-corrected chi connectivity index (χ0v) is 13.7. The molecule has 0 N–H and O–H groups in total. The normalized spacial score (nSPS) is 10.6. The highest BCUT2D eigenvalue weighted by Gasteiger charge is 2.19. The molecule has 0 unspecified atom stereocenters. The van der Waals surface area contributed by atoms with E-state index in [0.29, 0.717) is 9.50 Å². The van der Waals surface area contributed by atoms with Crippen LogP contribution in [-0.2, 0) is 0 Å². The van der Waals surface area contributed by atoms with Gasteiger partial charge in [-0.15, -0.1) is 0 Å². The molecule has 2 aromatic rings. The first kappa shape index (κ1) is 15.0. The van der Waals surface area contributed by atoms with Gasteiger partial charge in [-0.25, -0.2) is 4.98 Å². The maximum Gasteiger partial charge on any atom is 0.302 e. The number of benzene rings is 1. The molecule has 0 atom stereocenters. The fraction of sp³-hybridized carbons (Fsp3) is 0.214. The molecule has 0 spiro atoms. The highest BCUT2D eigenvalue weighted by molar-refractivity contribution is 9.10. The van der Waals surface area contributed by atoms with Crippen LogP contribution in [-0.4, -0.2) is 9.91 Å². The van der Waals surface area contributed by atoms with Gasteiger partial charge in [-0.1, -0.05) is 23.9 Å². The van der Waals surface area contributed by atoms with Crippen molar-refractivity contribution in [2.75, 3.05) is 0 Å². The molecule has 0 aliphatic heterocycles. The lowest BCUT2D eigenvalue weighted by Gasteiger charge is -2.09. The second-order valence-corrected chi connectivity index (χ2v) is 6.32. The predicted octanol–water partition coefficient (Wildman–Crippen LogP) is 4.83. The SMILES string of the molecule is Cc1cccc(Sc2nc(C)c(Br)cc2[N+](=O)[O-])c1C. The Morgan fingerprint density at radius 1 is 1.30 bits per heavy atom. The van der Waals surface area contributed by atoms with Crippen molar-refractivity contribution in [3.8, 4) is 0 Å². The quantitative estimate of drug-likeness (QED) is 0.586. The lowest BCUT2D eigenvalue weighted by Crippen LogP contribution is -1.97. The molecule has 1 aromatic heterocycles. The highest BCUT2D eigenvalue weighted by atomic mass is 79.9. The summed E-state index contributed by atoms with van der Waals surface area (Å²) >= 11 is 4.62. The number of pyridine rings is 1. The largest absolute Gasteiger partial charge is 0.302 e. The van der Waals surface area contributed by atoms with Gasteiger partial charge in [0.05, 0.1) is 10.6 Å². The molecule has 0 fully saturated rings. The maximum atomic E-state index is 11.2. The molecule has 0 amide bonds. The summed E-state index contributed by atoms with van der Waals surface area (Å²) in [5.41, 5.74) is 3.04. The number of aromatic nitrogens is 1. The summed E-state index contributed by atoms with van der Waals surface area (Å²) in [6.45, 7) is 5.85. The third-order valence-electron chi connectivity index (χ3n) is 3.06. The molecule has 0 saturated carbocycles. The lowest BCUT2D eigenvalue weighted by atomic mass is 10.1. The van der Waals surface area contributed by atoms with Crippen molar-refractivity contribution in [2.45, 2.75) is 30.7 Å². The minimum absolute atomic E-state index is 0.0216. The van der Waals surface area contributed by atoms with E-state index in [1.54, 1.807) is 0 Å². The van der Waals surface area contributed by atoms with Crippen LogP contribution in [0.4, 0.5) is 5.69 Å². The third kappa shape index (κ3) is 3.02. The van der Waals surface area contributed by atoms with Crippen LogP contribution in [0.5, 0.6) is 0 Å². The molecule has 0 radical (unpaired) electrons. The van der Waals surface area contributed by atoms with Crippen molar-refractivity contribution in [3.63, 3.8) is 0 Å². The summed E-state index contributed by atoms with van der Waals surface area (Å²) in [4.78, 5) is 16.1. The van der Waals surface area contributed by atoms with Crippen LogP contribution in [0.3, 0.4) is 0 Å². The van der Waals surface area contributed by atoms with E-state index in [-0.39, 0.29) is 5.69 Å². The van der Waals surface area contributed by atoms with Gasteiger partial charge in [-0.2, -0.15) is 0 Å². The Balaban J connectivity index is 2.50. The van der Waals surface area contributed by atoms with Gasteiger partial charge in [0, 0.05) is 15.4 Å². The average molecular weight is 353 g/mol. The van der Waals surface area contributed by atoms with E-state index in [4.69, 9.17) is 0 Å². The molecule has 1 aromatic carbocycles. The number of rotatable bonds is 3. The Bertz CT molecular complexity index is 689. The van der Waals surface area contributed by atoms with Crippen molar-refractivity contribution in [3.05, 3.63) is 55.7 Å². The van der Waals surface area contributed by atoms with Crippen LogP contribution in [0, 0.1) is 30.9 Å². The van der Waals surface area contributed by atoms with Crippen LogP contribution in [0.15, 0.2) is 38.7 Å². The monoisotopic (exact) mass is 352 g/mol. The summed E-state index contributed by atoms with van der Waals surface area (Å²) in [5.74, 6) is 0. The second kappa shape index (κ2) is 5.93. The van der Waals surface area contributed by atoms with Crippen molar-refractivity contribution in [1.29, 1.82) is 0 Å². The molecular formula is C14H13BrN2O2S. The van der Waals surface area contributed by atoms with Gasteiger partial charge in [-0.05, 0) is 53.9 Å². The first-order valence-corrected chi connectivity index (χ1v) is 7.56. The molecule has 0 bridgehead atoms. The van der Waals surface area contributed by atoms with E-state index < -0.39 is 4.92 Å². The Labute approximate surface area is 129 Å². The molecule has 20 heavy (non-hydrogen) atoms. The van der Waals surface area contributed by atoms with E-state index in [0.717, 1.165) is 21.7 Å². The first-order chi connectivity index (χ1) is 9.40. The fourth-order valence-corrected chi connectivity index (χ4v) is 3.09. The Kier molecular flexibility index (Phi) is 4.45. The number of hydrogen-bond acceptors (Lipinski definition) is 4. The zero-order chi connectivity index (χ0) is 14.9. The summed E-state index contributed by atoms with van der Waals surface area (Å²) < 4.78 is 0.648. The highest BCUT2D eigenvalue weighted by Crippen LogP contribution is 2.37. The van der Waals surface area contributed by atoms with Crippen LogP contribution in [0.2, 0.25) is 0 Å². The maximum absolute atomic E-state index is 11.2. The Hall–Kier alpha value is -1.40. The van der Waals surface area contributed by atoms with Gasteiger partial charge in [-0.3, -0.25) is 10.1 Å². The molecule has 4 nitrogen and oxygen atoms in total. The Morgan fingerprint density at radius 3 is 2.65 bits per heavy atom. The van der Waals surface area contributed by atoms with Gasteiger partial charge in [0.1, 0.15) is 0 Å². The standard InChI is InChI=1S/C14H13BrN2O2S/c1-8-5-4-6-13(9(8)2)20-14-12(17(18)19)7-11(15)10(3)16-14/h4-7H,1-3H3. The summed E-state index contributed by atoms with van der Waals surface area (Å²) in [7, 11) is 0. The van der Waals surface area contributed by atoms with E-state index >= 15 is 0 Å². The number of halogens is 1. The molecule has 0 aliphatic rings. The van der Waals surface area contributed by atoms with Gasteiger partial charge in [0.2, 0.25) is 0 Å². The van der Waals surface area contributed by atoms with E-state index in [2.05, 4.69) is 20.9 Å². The van der Waals surface area contributed by atoms with Gasteiger partial charge in [0.15, 0.2) is 5.03 Å². The van der Waals surface area contributed by atoms with Crippen LogP contribution in [0.25, 0.3) is 0 Å². The minimum Gasteiger partial charge on any atom is -0.258 e. The predicted molar refractivity (Wildman–Crippen MR) is 83.4 cm³/mol. The topological polar surface area (TPSA) is 56.0 Å². The summed E-state index contributed by atoms with van der Waals surface area (Å²) in [5, 5.41) is 11.6. The smallest absolute Gasteiger partial charge is 0.258 e. The molecule has 0 aliphatic carbocycles. The molecule has 6 heteroatoms. The number of nitrogens with zero attached hydrogens (tertiary/aromatic N) is 2. The summed E-state index contributed by atoms with van der Waals surface area (Å²) in [6.07, 6.45) is 0. The van der Waals surface area contributed by atoms with Gasteiger partial charge >= 0.3 is 5.69 Å². The van der Waals surface area contributed by atoms with Crippen molar-refractivity contribution in [2.24, 2.45) is 0 Å². The molecule has 2 rings (SSSR count). The van der Waals surface area contributed by atoms with E-state index in [1.807, 2.05) is 39.0 Å². The fourth-order valence-electron chi connectivity index (χ4n) is 1.69. The van der Waals surface area contributed by atoms with Gasteiger partial charge in [0.25, 0.3) is 0 Å².